The zero-order chi connectivity index (χ0) is 45.5. The number of hydrogen-bond acceptors (Lipinski definition) is 14. The molecule has 0 aliphatic rings. The van der Waals surface area contributed by atoms with E-state index in [2.05, 4.69) is 52.2 Å². The molecule has 0 heterocycles. The molecule has 2 aromatic rings. The fourth-order valence-corrected chi connectivity index (χ4v) is 7.71. The molecule has 0 radical (unpaired) electrons. The number of ether oxygens (including phenoxy) is 8. The number of esters is 2. The molecule has 0 unspecified atom stereocenters. The Morgan fingerprint density at radius 3 is 0.952 bits per heavy atom. The molecule has 0 spiro atoms. The average Bonchev–Trinajstić information content (AvgIpc) is 3.27. The summed E-state index contributed by atoms with van der Waals surface area (Å²) in [5.41, 5.74) is 0.452. The lowest BCUT2D eigenvalue weighted by Crippen LogP contribution is -2.44. The van der Waals surface area contributed by atoms with Crippen molar-refractivity contribution < 1.29 is 57.1 Å². The van der Waals surface area contributed by atoms with Gasteiger partial charge in [-0.2, -0.15) is 0 Å². The highest BCUT2D eigenvalue weighted by Gasteiger charge is 2.28. The Morgan fingerprint density at radius 1 is 0.452 bits per heavy atom. The third-order valence-electron chi connectivity index (χ3n) is 9.21. The van der Waals surface area contributed by atoms with E-state index in [-0.39, 0.29) is 22.6 Å². The van der Waals surface area contributed by atoms with Crippen molar-refractivity contribution in [3.8, 4) is 34.5 Å². The highest BCUT2D eigenvalue weighted by Crippen LogP contribution is 2.41. The summed E-state index contributed by atoms with van der Waals surface area (Å²) in [5.74, 6) is 0.231. The van der Waals surface area contributed by atoms with E-state index in [4.69, 9.17) is 37.9 Å². The Balaban J connectivity index is 2.29. The van der Waals surface area contributed by atoms with E-state index in [0.717, 1.165) is 77.0 Å². The lowest BCUT2D eigenvalue weighted by Gasteiger charge is -2.21. The highest BCUT2D eigenvalue weighted by molar-refractivity contribution is 8.76. The molecule has 62 heavy (non-hydrogen) atoms. The lowest BCUT2D eigenvalue weighted by atomic mass is 10.1. The van der Waals surface area contributed by atoms with Crippen LogP contribution >= 0.6 is 21.6 Å². The Bertz CT molecular complexity index is 1450. The van der Waals surface area contributed by atoms with Crippen LogP contribution in [0.5, 0.6) is 34.5 Å². The van der Waals surface area contributed by atoms with Gasteiger partial charge in [0, 0.05) is 22.6 Å². The number of benzene rings is 2. The van der Waals surface area contributed by atoms with Crippen LogP contribution in [0.3, 0.4) is 0 Å². The summed E-state index contributed by atoms with van der Waals surface area (Å²) < 4.78 is 46.8. The van der Waals surface area contributed by atoms with Crippen LogP contribution in [-0.2, 0) is 19.1 Å². The number of rotatable bonds is 35. The monoisotopic (exact) mass is 908 g/mol. The summed E-state index contributed by atoms with van der Waals surface area (Å²) in [4.78, 5) is 53.5. The summed E-state index contributed by atoms with van der Waals surface area (Å²) in [5, 5.41) is 5.59. The molecule has 2 amide bonds. The molecule has 0 bridgehead atoms. The zero-order valence-corrected chi connectivity index (χ0v) is 40.0. The Kier molecular flexibility index (Phi) is 28.3. The zero-order valence-electron chi connectivity index (χ0n) is 38.3. The van der Waals surface area contributed by atoms with Crippen molar-refractivity contribution in [2.45, 2.75) is 131 Å². The predicted octanol–water partition coefficient (Wildman–Crippen LogP) is 9.38. The summed E-state index contributed by atoms with van der Waals surface area (Å²) in [7, 11) is 4.94. The minimum atomic E-state index is -1.05. The van der Waals surface area contributed by atoms with E-state index in [1.807, 2.05) is 0 Å². The topological polar surface area (TPSA) is 166 Å². The number of unbranched alkanes of at least 4 members (excludes halogenated alkanes) is 6. The second kappa shape index (κ2) is 32.5. The number of carbonyl (C=O) groups is 4. The van der Waals surface area contributed by atoms with Crippen LogP contribution in [0.25, 0.3) is 0 Å². The van der Waals surface area contributed by atoms with Crippen molar-refractivity contribution in [2.75, 3.05) is 65.4 Å². The van der Waals surface area contributed by atoms with Gasteiger partial charge < -0.3 is 48.5 Å². The molecule has 0 fully saturated rings. The maximum atomic E-state index is 13.8. The highest BCUT2D eigenvalue weighted by atomic mass is 33.1. The van der Waals surface area contributed by atoms with Crippen molar-refractivity contribution in [3.05, 3.63) is 35.4 Å². The van der Waals surface area contributed by atoms with Gasteiger partial charge in [0.15, 0.2) is 23.0 Å². The van der Waals surface area contributed by atoms with E-state index in [1.165, 1.54) is 35.8 Å². The molecule has 0 aromatic heterocycles. The number of amides is 2. The number of nitrogens with one attached hydrogen (secondary N) is 2. The van der Waals surface area contributed by atoms with Gasteiger partial charge in [-0.05, 0) is 62.8 Å². The van der Waals surface area contributed by atoms with Crippen LogP contribution < -0.4 is 39.1 Å². The molecule has 2 N–H and O–H groups in total. The molecule has 0 aliphatic carbocycles. The van der Waals surface area contributed by atoms with Gasteiger partial charge in [0.05, 0.1) is 53.9 Å². The average molecular weight is 909 g/mol. The van der Waals surface area contributed by atoms with Gasteiger partial charge in [0.2, 0.25) is 11.5 Å². The van der Waals surface area contributed by atoms with Crippen molar-refractivity contribution in [2.24, 2.45) is 0 Å². The van der Waals surface area contributed by atoms with E-state index in [9.17, 15) is 19.2 Å². The molecule has 2 rings (SSSR count). The van der Waals surface area contributed by atoms with Crippen LogP contribution in [0.15, 0.2) is 24.3 Å². The predicted molar refractivity (Wildman–Crippen MR) is 247 cm³/mol. The first-order valence-electron chi connectivity index (χ1n) is 22.3. The molecule has 2 atom stereocenters. The minimum Gasteiger partial charge on any atom is -0.490 e. The molecule has 14 nitrogen and oxygen atoms in total. The van der Waals surface area contributed by atoms with Gasteiger partial charge in [-0.3, -0.25) is 9.59 Å². The number of hydrogen-bond donors (Lipinski definition) is 2. The van der Waals surface area contributed by atoms with Crippen LogP contribution in [0.4, 0.5) is 0 Å². The first kappa shape index (κ1) is 54.0. The summed E-state index contributed by atoms with van der Waals surface area (Å²) in [6, 6.07) is 4.30. The van der Waals surface area contributed by atoms with Gasteiger partial charge >= 0.3 is 11.9 Å². The van der Waals surface area contributed by atoms with Crippen LogP contribution in [0.1, 0.15) is 139 Å². The van der Waals surface area contributed by atoms with Crippen LogP contribution in [0.2, 0.25) is 0 Å². The lowest BCUT2D eigenvalue weighted by molar-refractivity contribution is -0.143. The molecule has 0 saturated heterocycles. The Labute approximate surface area is 377 Å². The maximum Gasteiger partial charge on any atom is 0.329 e. The Hall–Kier alpha value is -4.18. The summed E-state index contributed by atoms with van der Waals surface area (Å²) in [6.45, 7) is 15.0. The van der Waals surface area contributed by atoms with Crippen molar-refractivity contribution in [1.29, 1.82) is 0 Å². The van der Waals surface area contributed by atoms with Gasteiger partial charge in [-0.15, -0.1) is 0 Å². The largest absolute Gasteiger partial charge is 0.490 e. The second-order valence-electron chi connectivity index (χ2n) is 14.5. The number of methoxy groups -OCH3 is 2. The van der Waals surface area contributed by atoms with Crippen LogP contribution in [0, 0.1) is 0 Å². The number of carbonyl (C=O) groups excluding carboxylic acids is 4. The SMILES string of the molecule is CCCCOc1cc(C(=O)N[C@@H](CSSC[C@H](NC(=O)c2cc(OCCCC)c(OCCCC)c(OCCCC)c2)C(=O)OC)C(=O)OC)cc(OCCCC)c1OCCCC. The third-order valence-corrected chi connectivity index (χ3v) is 11.6. The molecule has 2 aromatic carbocycles. The first-order chi connectivity index (χ1) is 30.1. The minimum absolute atomic E-state index is 0.0826. The fraction of sp³-hybridized carbons (Fsp3) is 0.652. The van der Waals surface area contributed by atoms with Crippen molar-refractivity contribution in [1.82, 2.24) is 10.6 Å². The molecule has 0 saturated carbocycles. The van der Waals surface area contributed by atoms with Gasteiger partial charge in [-0.1, -0.05) is 102 Å². The van der Waals surface area contributed by atoms with E-state index >= 15 is 0 Å². The molecule has 16 heteroatoms. The van der Waals surface area contributed by atoms with Crippen LogP contribution in [-0.4, -0.2) is 101 Å². The molecular weight excluding hydrogens is 837 g/mol. The fourth-order valence-electron chi connectivity index (χ4n) is 5.41. The van der Waals surface area contributed by atoms with E-state index in [1.54, 1.807) is 24.3 Å². The van der Waals surface area contributed by atoms with E-state index < -0.39 is 35.8 Å². The van der Waals surface area contributed by atoms with Crippen molar-refractivity contribution >= 4 is 45.3 Å². The summed E-state index contributed by atoms with van der Waals surface area (Å²) >= 11 is 0. The van der Waals surface area contributed by atoms with E-state index in [0.29, 0.717) is 74.1 Å². The summed E-state index contributed by atoms with van der Waals surface area (Å²) in [6.07, 6.45) is 10.5. The molecular formula is C46H72N2O12S2. The first-order valence-corrected chi connectivity index (χ1v) is 24.8. The normalized spacial score (nSPS) is 11.8. The molecule has 350 valence electrons. The molecule has 0 aliphatic heterocycles. The smallest absolute Gasteiger partial charge is 0.329 e. The van der Waals surface area contributed by atoms with Gasteiger partial charge in [0.1, 0.15) is 12.1 Å². The quantitative estimate of drug-likeness (QED) is 0.0382. The maximum absolute atomic E-state index is 13.8. The second-order valence-corrected chi connectivity index (χ2v) is 17.0. The van der Waals surface area contributed by atoms with Gasteiger partial charge in [0.25, 0.3) is 11.8 Å². The Morgan fingerprint density at radius 2 is 0.710 bits per heavy atom. The standard InChI is InChI=1S/C46H72N2O12S2/c1-9-15-21-55-37-27-33(28-38(56-22-16-10-2)41(37)59-25-19-13-5)43(49)47-35(45(51)53-7)31-61-62-32-36(46(52)54-8)48-44(50)34-29-39(57-23-17-11-3)42(60-26-20-14-6)40(30-34)58-24-18-12-4/h27-30,35-36H,9-26,31-32H2,1-8H3,(H,47,49)(H,48,50)/t35-,36-/m0/s1. The third kappa shape index (κ3) is 19.5. The van der Waals surface area contributed by atoms with Gasteiger partial charge in [-0.25, -0.2) is 9.59 Å². The van der Waals surface area contributed by atoms with Crippen molar-refractivity contribution in [3.63, 3.8) is 0 Å².